The zero-order chi connectivity index (χ0) is 15.8. The van der Waals surface area contributed by atoms with Crippen LogP contribution in [0.1, 0.15) is 36.6 Å². The second-order valence-corrected chi connectivity index (χ2v) is 6.22. The quantitative estimate of drug-likeness (QED) is 0.482. The van der Waals surface area contributed by atoms with Gasteiger partial charge in [-0.15, -0.1) is 0 Å². The van der Waals surface area contributed by atoms with E-state index in [9.17, 15) is 4.79 Å². The summed E-state index contributed by atoms with van der Waals surface area (Å²) in [4.78, 5) is 14.5. The Morgan fingerprint density at radius 3 is 2.18 bits per heavy atom. The Kier molecular flexibility index (Phi) is 6.66. The minimum absolute atomic E-state index is 0.0912. The lowest BCUT2D eigenvalue weighted by atomic mass is 10.1. The highest BCUT2D eigenvalue weighted by Crippen LogP contribution is 2.28. The van der Waals surface area contributed by atoms with E-state index >= 15 is 0 Å². The molecule has 0 saturated carbocycles. The van der Waals surface area contributed by atoms with Gasteiger partial charge in [-0.25, -0.2) is 0 Å². The molecule has 1 unspecified atom stereocenters. The van der Waals surface area contributed by atoms with Crippen molar-refractivity contribution in [1.29, 1.82) is 0 Å². The van der Waals surface area contributed by atoms with Crippen LogP contribution in [0.3, 0.4) is 0 Å². The van der Waals surface area contributed by atoms with Crippen molar-refractivity contribution in [2.24, 2.45) is 0 Å². The van der Waals surface area contributed by atoms with Crippen molar-refractivity contribution in [1.82, 2.24) is 0 Å². The molecule has 0 aliphatic carbocycles. The summed E-state index contributed by atoms with van der Waals surface area (Å²) in [5, 5.41) is 0. The van der Waals surface area contributed by atoms with E-state index in [1.54, 1.807) is 0 Å². The van der Waals surface area contributed by atoms with Crippen LogP contribution in [-0.4, -0.2) is 12.5 Å². The van der Waals surface area contributed by atoms with Gasteiger partial charge in [-0.1, -0.05) is 84.2 Å². The molecule has 2 rings (SSSR count). The Balaban J connectivity index is 2.18. The molecule has 1 atom stereocenters. The lowest BCUT2D eigenvalue weighted by Gasteiger charge is -2.25. The van der Waals surface area contributed by atoms with Gasteiger partial charge in [0.1, 0.15) is 4.83 Å². The molecular weight excluding hydrogens is 338 g/mol. The van der Waals surface area contributed by atoms with Gasteiger partial charge >= 0.3 is 0 Å². The number of hydrogen-bond acceptors (Lipinski definition) is 1. The van der Waals surface area contributed by atoms with Crippen LogP contribution >= 0.6 is 15.9 Å². The molecule has 0 aliphatic heterocycles. The van der Waals surface area contributed by atoms with Gasteiger partial charge in [0.2, 0.25) is 5.91 Å². The van der Waals surface area contributed by atoms with Crippen molar-refractivity contribution in [2.75, 3.05) is 11.4 Å². The van der Waals surface area contributed by atoms with Gasteiger partial charge in [0.25, 0.3) is 0 Å². The molecule has 2 aromatic carbocycles. The van der Waals surface area contributed by atoms with Crippen LogP contribution in [0.2, 0.25) is 0 Å². The van der Waals surface area contributed by atoms with E-state index in [0.717, 1.165) is 37.1 Å². The summed E-state index contributed by atoms with van der Waals surface area (Å²) in [6, 6.07) is 19.7. The van der Waals surface area contributed by atoms with E-state index in [1.165, 1.54) is 0 Å². The number of carbonyl (C=O) groups is 1. The SMILES string of the molecule is CCCCCN(C(=O)C(Br)c1ccccc1)c1ccccc1. The number of anilines is 1. The largest absolute Gasteiger partial charge is 0.311 e. The van der Waals surface area contributed by atoms with Crippen molar-refractivity contribution >= 4 is 27.5 Å². The van der Waals surface area contributed by atoms with Crippen LogP contribution < -0.4 is 4.90 Å². The van der Waals surface area contributed by atoms with Crippen LogP contribution in [0, 0.1) is 0 Å². The molecule has 0 aromatic heterocycles. The Morgan fingerprint density at radius 1 is 1.00 bits per heavy atom. The third-order valence-electron chi connectivity index (χ3n) is 3.63. The predicted octanol–water partition coefficient (Wildman–Crippen LogP) is 5.35. The lowest BCUT2D eigenvalue weighted by Crippen LogP contribution is -2.34. The van der Waals surface area contributed by atoms with E-state index in [0.29, 0.717) is 0 Å². The topological polar surface area (TPSA) is 20.3 Å². The van der Waals surface area contributed by atoms with Crippen LogP contribution in [0.25, 0.3) is 0 Å². The number of amides is 1. The maximum atomic E-state index is 12.9. The zero-order valence-electron chi connectivity index (χ0n) is 12.9. The fourth-order valence-electron chi connectivity index (χ4n) is 2.40. The van der Waals surface area contributed by atoms with E-state index in [2.05, 4.69) is 22.9 Å². The molecule has 2 aromatic rings. The minimum atomic E-state index is -0.310. The average molecular weight is 360 g/mol. The van der Waals surface area contributed by atoms with Gasteiger partial charge in [-0.05, 0) is 24.1 Å². The Labute approximate surface area is 141 Å². The molecule has 0 fully saturated rings. The third-order valence-corrected chi connectivity index (χ3v) is 4.55. The second-order valence-electron chi connectivity index (χ2n) is 5.31. The second kappa shape index (κ2) is 8.74. The van der Waals surface area contributed by atoms with Crippen LogP contribution in [0.15, 0.2) is 60.7 Å². The van der Waals surface area contributed by atoms with Gasteiger partial charge in [-0.3, -0.25) is 4.79 Å². The molecular formula is C19H22BrNO. The highest BCUT2D eigenvalue weighted by molar-refractivity contribution is 9.09. The van der Waals surface area contributed by atoms with Crippen LogP contribution in [0.4, 0.5) is 5.69 Å². The number of benzene rings is 2. The Morgan fingerprint density at radius 2 is 1.59 bits per heavy atom. The van der Waals surface area contributed by atoms with Crippen LogP contribution in [0.5, 0.6) is 0 Å². The Hall–Kier alpha value is -1.61. The summed E-state index contributed by atoms with van der Waals surface area (Å²) >= 11 is 3.57. The monoisotopic (exact) mass is 359 g/mol. The minimum Gasteiger partial charge on any atom is -0.311 e. The molecule has 3 heteroatoms. The number of halogens is 1. The molecule has 0 aliphatic rings. The number of unbranched alkanes of at least 4 members (excludes halogenated alkanes) is 2. The normalized spacial score (nSPS) is 11.9. The van der Waals surface area contributed by atoms with Gasteiger partial charge < -0.3 is 4.90 Å². The molecule has 0 radical (unpaired) electrons. The molecule has 0 saturated heterocycles. The molecule has 116 valence electrons. The zero-order valence-corrected chi connectivity index (χ0v) is 14.5. The summed E-state index contributed by atoms with van der Waals surface area (Å²) in [7, 11) is 0. The summed E-state index contributed by atoms with van der Waals surface area (Å²) < 4.78 is 0. The van der Waals surface area contributed by atoms with Crippen molar-refractivity contribution in [3.8, 4) is 0 Å². The molecule has 0 heterocycles. The number of rotatable bonds is 7. The number of carbonyl (C=O) groups excluding carboxylic acids is 1. The maximum Gasteiger partial charge on any atom is 0.245 e. The van der Waals surface area contributed by atoms with E-state index in [4.69, 9.17) is 0 Å². The fourth-order valence-corrected chi connectivity index (χ4v) is 2.95. The van der Waals surface area contributed by atoms with E-state index in [-0.39, 0.29) is 10.7 Å². The first-order valence-corrected chi connectivity index (χ1v) is 8.71. The van der Waals surface area contributed by atoms with Crippen molar-refractivity contribution < 1.29 is 4.79 Å². The first-order chi connectivity index (χ1) is 10.7. The highest BCUT2D eigenvalue weighted by Gasteiger charge is 2.24. The molecule has 0 bridgehead atoms. The summed E-state index contributed by atoms with van der Waals surface area (Å²) in [6.45, 7) is 2.93. The maximum absolute atomic E-state index is 12.9. The Bertz CT molecular complexity index is 571. The predicted molar refractivity (Wildman–Crippen MR) is 96.4 cm³/mol. The van der Waals surface area contributed by atoms with Crippen molar-refractivity contribution in [3.05, 3.63) is 66.2 Å². The molecule has 1 amide bonds. The van der Waals surface area contributed by atoms with E-state index in [1.807, 2.05) is 65.6 Å². The highest BCUT2D eigenvalue weighted by atomic mass is 79.9. The number of para-hydroxylation sites is 1. The summed E-state index contributed by atoms with van der Waals surface area (Å²) in [6.07, 6.45) is 3.30. The lowest BCUT2D eigenvalue weighted by molar-refractivity contribution is -0.118. The third kappa shape index (κ3) is 4.44. The fraction of sp³-hybridized carbons (Fsp3) is 0.316. The standard InChI is InChI=1S/C19H22BrNO/c1-2-3-10-15-21(17-13-8-5-9-14-17)19(22)18(20)16-11-6-4-7-12-16/h4-9,11-14,18H,2-3,10,15H2,1H3. The molecule has 0 N–H and O–H groups in total. The van der Waals surface area contributed by atoms with Gasteiger partial charge in [0, 0.05) is 12.2 Å². The number of nitrogens with zero attached hydrogens (tertiary/aromatic N) is 1. The molecule has 0 spiro atoms. The van der Waals surface area contributed by atoms with Gasteiger partial charge in [0.05, 0.1) is 0 Å². The first-order valence-electron chi connectivity index (χ1n) is 7.79. The van der Waals surface area contributed by atoms with E-state index < -0.39 is 0 Å². The van der Waals surface area contributed by atoms with Gasteiger partial charge in [-0.2, -0.15) is 0 Å². The average Bonchev–Trinajstić information content (AvgIpc) is 2.59. The smallest absolute Gasteiger partial charge is 0.245 e. The first kappa shape index (κ1) is 16.8. The van der Waals surface area contributed by atoms with Gasteiger partial charge in [0.15, 0.2) is 0 Å². The molecule has 2 nitrogen and oxygen atoms in total. The number of hydrogen-bond donors (Lipinski definition) is 0. The molecule has 22 heavy (non-hydrogen) atoms. The van der Waals surface area contributed by atoms with Crippen molar-refractivity contribution in [2.45, 2.75) is 31.0 Å². The summed E-state index contributed by atoms with van der Waals surface area (Å²) in [5.74, 6) is 0.0912. The number of alkyl halides is 1. The van der Waals surface area contributed by atoms with Crippen molar-refractivity contribution in [3.63, 3.8) is 0 Å². The van der Waals surface area contributed by atoms with Crippen LogP contribution in [-0.2, 0) is 4.79 Å². The summed E-state index contributed by atoms with van der Waals surface area (Å²) in [5.41, 5.74) is 1.95.